The first-order chi connectivity index (χ1) is 4.27. The lowest BCUT2D eigenvalue weighted by atomic mass is 10.3. The largest absolute Gasteiger partial charge is 0.466 e. The second-order valence-corrected chi connectivity index (χ2v) is 1.92. The first kappa shape index (κ1) is 8.27. The van der Waals surface area contributed by atoms with E-state index in [-0.39, 0.29) is 6.02 Å². The van der Waals surface area contributed by atoms with Gasteiger partial charge in [-0.1, -0.05) is 19.8 Å². The van der Waals surface area contributed by atoms with Gasteiger partial charge in [0.25, 0.3) is 6.02 Å². The predicted molar refractivity (Wildman–Crippen MR) is 37.4 cm³/mol. The molecule has 0 spiro atoms. The van der Waals surface area contributed by atoms with Gasteiger partial charge in [0, 0.05) is 0 Å². The summed E-state index contributed by atoms with van der Waals surface area (Å²) < 4.78 is 4.70. The van der Waals surface area contributed by atoms with Crippen molar-refractivity contribution in [1.82, 2.24) is 0 Å². The molecule has 0 rings (SSSR count). The molecule has 54 valence electrons. The lowest BCUT2D eigenvalue weighted by Crippen LogP contribution is -2.14. The summed E-state index contributed by atoms with van der Waals surface area (Å²) in [6, 6.07) is -0.175. The minimum Gasteiger partial charge on any atom is -0.466 e. The molecule has 0 unspecified atom stereocenters. The number of amidine groups is 1. The molecule has 0 aromatic carbocycles. The molecule has 0 aliphatic carbocycles. The molecule has 0 aromatic rings. The summed E-state index contributed by atoms with van der Waals surface area (Å²) in [6.45, 7) is 2.71. The third-order valence-corrected chi connectivity index (χ3v) is 1.01. The van der Waals surface area contributed by atoms with E-state index in [1.807, 2.05) is 0 Å². The van der Waals surface area contributed by atoms with Crippen molar-refractivity contribution < 1.29 is 4.74 Å². The van der Waals surface area contributed by atoms with Crippen molar-refractivity contribution in [3.8, 4) is 0 Å². The first-order valence-corrected chi connectivity index (χ1v) is 3.24. The second-order valence-electron chi connectivity index (χ2n) is 1.92. The van der Waals surface area contributed by atoms with E-state index < -0.39 is 0 Å². The molecule has 0 bridgehead atoms. The van der Waals surface area contributed by atoms with Gasteiger partial charge in [0.05, 0.1) is 6.61 Å². The molecule has 0 amide bonds. The minimum atomic E-state index is -0.175. The molecule has 3 heteroatoms. The van der Waals surface area contributed by atoms with Gasteiger partial charge in [-0.05, 0) is 6.42 Å². The summed E-state index contributed by atoms with van der Waals surface area (Å²) in [5.74, 6) is 0. The topological polar surface area (TPSA) is 59.1 Å². The molecule has 0 saturated carbocycles. The number of unbranched alkanes of at least 4 members (excludes halogenated alkanes) is 2. The van der Waals surface area contributed by atoms with Crippen LogP contribution in [0.15, 0.2) is 0 Å². The summed E-state index contributed by atoms with van der Waals surface area (Å²) in [5.41, 5.74) is 4.94. The van der Waals surface area contributed by atoms with E-state index in [4.69, 9.17) is 15.9 Å². The van der Waals surface area contributed by atoms with Gasteiger partial charge in [0.15, 0.2) is 0 Å². The van der Waals surface area contributed by atoms with Gasteiger partial charge in [-0.2, -0.15) is 0 Å². The molecule has 0 aromatic heterocycles. The van der Waals surface area contributed by atoms with Gasteiger partial charge in [-0.15, -0.1) is 0 Å². The van der Waals surface area contributed by atoms with Crippen molar-refractivity contribution in [2.45, 2.75) is 26.2 Å². The minimum absolute atomic E-state index is 0.175. The maximum atomic E-state index is 6.69. The van der Waals surface area contributed by atoms with Crippen LogP contribution in [-0.2, 0) is 4.74 Å². The second kappa shape index (κ2) is 5.41. The van der Waals surface area contributed by atoms with Gasteiger partial charge >= 0.3 is 0 Å². The SMILES string of the molecule is CCCCCOC(=N)N. The van der Waals surface area contributed by atoms with Crippen molar-refractivity contribution in [2.75, 3.05) is 6.61 Å². The van der Waals surface area contributed by atoms with Crippen LogP contribution in [0, 0.1) is 5.41 Å². The highest BCUT2D eigenvalue weighted by atomic mass is 16.5. The number of rotatable bonds is 4. The maximum absolute atomic E-state index is 6.69. The van der Waals surface area contributed by atoms with E-state index >= 15 is 0 Å². The van der Waals surface area contributed by atoms with E-state index in [1.165, 1.54) is 6.42 Å². The van der Waals surface area contributed by atoms with Crippen LogP contribution in [-0.4, -0.2) is 12.6 Å². The molecule has 0 heterocycles. The Morgan fingerprint density at radius 2 is 2.22 bits per heavy atom. The highest BCUT2D eigenvalue weighted by Gasteiger charge is 1.87. The zero-order valence-electron chi connectivity index (χ0n) is 5.81. The van der Waals surface area contributed by atoms with Gasteiger partial charge < -0.3 is 10.5 Å². The van der Waals surface area contributed by atoms with Crippen LogP contribution in [0.4, 0.5) is 0 Å². The number of nitrogens with one attached hydrogen (secondary N) is 1. The van der Waals surface area contributed by atoms with Crippen molar-refractivity contribution >= 4 is 6.02 Å². The molecule has 3 nitrogen and oxygen atoms in total. The summed E-state index contributed by atoms with van der Waals surface area (Å²) in [7, 11) is 0. The number of hydrogen-bond acceptors (Lipinski definition) is 2. The lowest BCUT2D eigenvalue weighted by molar-refractivity contribution is 0.286. The lowest BCUT2D eigenvalue weighted by Gasteiger charge is -2.00. The average molecular weight is 130 g/mol. The fourth-order valence-corrected chi connectivity index (χ4v) is 0.534. The summed E-state index contributed by atoms with van der Waals surface area (Å²) in [5, 5.41) is 6.69. The van der Waals surface area contributed by atoms with Gasteiger partial charge in [0.1, 0.15) is 0 Å². The molecular formula is C6H14N2O. The Kier molecular flexibility index (Phi) is 4.97. The van der Waals surface area contributed by atoms with Crippen LogP contribution >= 0.6 is 0 Å². The van der Waals surface area contributed by atoms with E-state index in [0.717, 1.165) is 12.8 Å². The Hall–Kier alpha value is -0.730. The van der Waals surface area contributed by atoms with Crippen LogP contribution < -0.4 is 5.73 Å². The van der Waals surface area contributed by atoms with Crippen molar-refractivity contribution in [3.63, 3.8) is 0 Å². The van der Waals surface area contributed by atoms with E-state index in [9.17, 15) is 0 Å². The van der Waals surface area contributed by atoms with E-state index in [2.05, 4.69) is 6.92 Å². The molecule has 9 heavy (non-hydrogen) atoms. The standard InChI is InChI=1S/C6H14N2O/c1-2-3-4-5-9-6(7)8/h2-5H2,1H3,(H3,7,8). The van der Waals surface area contributed by atoms with Crippen molar-refractivity contribution in [2.24, 2.45) is 5.73 Å². The molecule has 3 N–H and O–H groups in total. The third kappa shape index (κ3) is 7.27. The number of hydrogen-bond donors (Lipinski definition) is 2. The smallest absolute Gasteiger partial charge is 0.278 e. The Balaban J connectivity index is 2.83. The van der Waals surface area contributed by atoms with Gasteiger partial charge in [-0.25, -0.2) is 0 Å². The van der Waals surface area contributed by atoms with Crippen molar-refractivity contribution in [3.05, 3.63) is 0 Å². The Morgan fingerprint density at radius 3 is 2.67 bits per heavy atom. The molecule has 0 aliphatic heterocycles. The Bertz CT molecular complexity index is 83.1. The van der Waals surface area contributed by atoms with Gasteiger partial charge in [-0.3, -0.25) is 5.41 Å². The van der Waals surface area contributed by atoms with Crippen LogP contribution in [0.3, 0.4) is 0 Å². The molecule has 0 radical (unpaired) electrons. The molecule has 0 atom stereocenters. The van der Waals surface area contributed by atoms with E-state index in [1.54, 1.807) is 0 Å². The highest BCUT2D eigenvalue weighted by Crippen LogP contribution is 1.92. The van der Waals surface area contributed by atoms with Crippen LogP contribution in [0.2, 0.25) is 0 Å². The number of ether oxygens (including phenoxy) is 1. The Labute approximate surface area is 55.7 Å². The predicted octanol–water partition coefficient (Wildman–Crippen LogP) is 1.09. The molecular weight excluding hydrogens is 116 g/mol. The quantitative estimate of drug-likeness (QED) is 0.340. The van der Waals surface area contributed by atoms with E-state index in [0.29, 0.717) is 6.61 Å². The monoisotopic (exact) mass is 130 g/mol. The fraction of sp³-hybridized carbons (Fsp3) is 0.833. The number of nitrogens with two attached hydrogens (primary N) is 1. The first-order valence-electron chi connectivity index (χ1n) is 3.24. The summed E-state index contributed by atoms with van der Waals surface area (Å²) in [6.07, 6.45) is 3.31. The van der Waals surface area contributed by atoms with Crippen LogP contribution in [0.25, 0.3) is 0 Å². The zero-order chi connectivity index (χ0) is 7.11. The van der Waals surface area contributed by atoms with Crippen LogP contribution in [0.5, 0.6) is 0 Å². The maximum Gasteiger partial charge on any atom is 0.278 e. The summed E-state index contributed by atoms with van der Waals surface area (Å²) >= 11 is 0. The van der Waals surface area contributed by atoms with Gasteiger partial charge in [0.2, 0.25) is 0 Å². The van der Waals surface area contributed by atoms with Crippen molar-refractivity contribution in [1.29, 1.82) is 5.41 Å². The molecule has 0 saturated heterocycles. The average Bonchev–Trinajstić information content (AvgIpc) is 1.80. The fourth-order valence-electron chi connectivity index (χ4n) is 0.534. The molecule has 0 aliphatic rings. The highest BCUT2D eigenvalue weighted by molar-refractivity contribution is 5.67. The zero-order valence-corrected chi connectivity index (χ0v) is 5.81. The third-order valence-electron chi connectivity index (χ3n) is 1.01. The molecule has 0 fully saturated rings. The Morgan fingerprint density at radius 1 is 1.56 bits per heavy atom. The normalized spacial score (nSPS) is 9.00. The van der Waals surface area contributed by atoms with Crippen LogP contribution in [0.1, 0.15) is 26.2 Å². The summed E-state index contributed by atoms with van der Waals surface area (Å²) in [4.78, 5) is 0.